The van der Waals surface area contributed by atoms with Crippen LogP contribution in [0.25, 0.3) is 0 Å². The van der Waals surface area contributed by atoms with Crippen molar-refractivity contribution in [3.63, 3.8) is 0 Å². The molecule has 1 unspecified atom stereocenters. The second-order valence-corrected chi connectivity index (χ2v) is 6.15. The Morgan fingerprint density at radius 1 is 1.33 bits per heavy atom. The van der Waals surface area contributed by atoms with Crippen LogP contribution in [0.15, 0.2) is 0 Å². The first-order valence-corrected chi connectivity index (χ1v) is 7.50. The Balaban J connectivity index is 1.75. The van der Waals surface area contributed by atoms with Crippen LogP contribution in [0.1, 0.15) is 54.7 Å². The highest BCUT2D eigenvalue weighted by molar-refractivity contribution is 5.87. The van der Waals surface area contributed by atoms with E-state index < -0.39 is 5.97 Å². The molecule has 1 aliphatic carbocycles. The molecular formula is C14H20N4O3. The smallest absolute Gasteiger partial charge is 0.358 e. The zero-order valence-electron chi connectivity index (χ0n) is 12.2. The summed E-state index contributed by atoms with van der Waals surface area (Å²) in [6, 6.07) is 0. The van der Waals surface area contributed by atoms with Crippen molar-refractivity contribution in [3.05, 3.63) is 11.4 Å². The van der Waals surface area contributed by atoms with Crippen molar-refractivity contribution in [1.82, 2.24) is 19.9 Å². The molecular weight excluding hydrogens is 272 g/mol. The van der Waals surface area contributed by atoms with E-state index in [4.69, 9.17) is 5.11 Å². The van der Waals surface area contributed by atoms with E-state index in [0.29, 0.717) is 11.6 Å². The molecule has 1 aliphatic heterocycles. The fraction of sp³-hybridized carbons (Fsp3) is 0.714. The van der Waals surface area contributed by atoms with Crippen LogP contribution in [0.2, 0.25) is 0 Å². The van der Waals surface area contributed by atoms with E-state index in [1.807, 2.05) is 4.90 Å². The number of aromatic nitrogens is 3. The molecule has 1 amide bonds. The molecule has 1 atom stereocenters. The molecule has 0 radical (unpaired) electrons. The predicted molar refractivity (Wildman–Crippen MR) is 73.9 cm³/mol. The number of carbonyl (C=O) groups is 2. The van der Waals surface area contributed by atoms with E-state index in [2.05, 4.69) is 17.2 Å². The normalized spacial score (nSPS) is 22.3. The van der Waals surface area contributed by atoms with Crippen molar-refractivity contribution in [2.24, 2.45) is 5.92 Å². The molecule has 7 heteroatoms. The quantitative estimate of drug-likeness (QED) is 0.898. The lowest BCUT2D eigenvalue weighted by molar-refractivity contribution is -0.133. The fourth-order valence-electron chi connectivity index (χ4n) is 2.99. The number of piperidine rings is 1. The van der Waals surface area contributed by atoms with Gasteiger partial charge in [-0.1, -0.05) is 12.1 Å². The molecule has 2 heterocycles. The van der Waals surface area contributed by atoms with Gasteiger partial charge in [-0.15, -0.1) is 5.10 Å². The molecule has 0 aromatic carbocycles. The Labute approximate surface area is 122 Å². The summed E-state index contributed by atoms with van der Waals surface area (Å²) in [6.07, 6.45) is 4.08. The molecule has 3 rings (SSSR count). The van der Waals surface area contributed by atoms with Crippen LogP contribution < -0.4 is 0 Å². The lowest BCUT2D eigenvalue weighted by Crippen LogP contribution is -2.41. The van der Waals surface area contributed by atoms with Crippen LogP contribution in [0.3, 0.4) is 0 Å². The first-order valence-electron chi connectivity index (χ1n) is 7.50. The average Bonchev–Trinajstić information content (AvgIpc) is 3.19. The van der Waals surface area contributed by atoms with Crippen molar-refractivity contribution in [2.45, 2.75) is 45.1 Å². The number of carboxylic acid groups (broad SMARTS) is 1. The molecule has 1 saturated heterocycles. The number of carbonyl (C=O) groups excluding carboxylic acids is 1. The van der Waals surface area contributed by atoms with Gasteiger partial charge in [-0.25, -0.2) is 9.48 Å². The van der Waals surface area contributed by atoms with Gasteiger partial charge in [0.1, 0.15) is 6.54 Å². The van der Waals surface area contributed by atoms with Gasteiger partial charge in [-0.05, 0) is 31.6 Å². The third-order valence-electron chi connectivity index (χ3n) is 4.23. The van der Waals surface area contributed by atoms with Crippen molar-refractivity contribution in [3.8, 4) is 0 Å². The van der Waals surface area contributed by atoms with Crippen LogP contribution in [0, 0.1) is 5.92 Å². The maximum Gasteiger partial charge on any atom is 0.358 e. The SMILES string of the molecule is CC1CCCN(C(=O)Cn2nnc(C(=O)O)c2C2CC2)C1. The number of carboxylic acids is 1. The monoisotopic (exact) mass is 292 g/mol. The van der Waals surface area contributed by atoms with Crippen LogP contribution in [-0.4, -0.2) is 50.0 Å². The summed E-state index contributed by atoms with van der Waals surface area (Å²) in [5.74, 6) is -0.345. The predicted octanol–water partition coefficient (Wildman–Crippen LogP) is 1.11. The summed E-state index contributed by atoms with van der Waals surface area (Å²) in [5.41, 5.74) is 0.609. The Hall–Kier alpha value is -1.92. The highest BCUT2D eigenvalue weighted by Gasteiger charge is 2.34. The van der Waals surface area contributed by atoms with Crippen LogP contribution in [0.4, 0.5) is 0 Å². The van der Waals surface area contributed by atoms with Gasteiger partial charge in [0.25, 0.3) is 0 Å². The zero-order valence-corrected chi connectivity index (χ0v) is 12.2. The molecule has 1 N–H and O–H groups in total. The number of rotatable bonds is 4. The zero-order chi connectivity index (χ0) is 15.0. The molecule has 7 nitrogen and oxygen atoms in total. The van der Waals surface area contributed by atoms with Crippen LogP contribution in [-0.2, 0) is 11.3 Å². The van der Waals surface area contributed by atoms with Gasteiger partial charge in [0, 0.05) is 19.0 Å². The second-order valence-electron chi connectivity index (χ2n) is 6.15. The molecule has 0 spiro atoms. The molecule has 114 valence electrons. The molecule has 1 aromatic rings. The Kier molecular flexibility index (Phi) is 3.65. The Morgan fingerprint density at radius 2 is 2.10 bits per heavy atom. The number of amides is 1. The third kappa shape index (κ3) is 2.91. The topological polar surface area (TPSA) is 88.3 Å². The molecule has 0 bridgehead atoms. The van der Waals surface area contributed by atoms with Gasteiger partial charge < -0.3 is 10.0 Å². The highest BCUT2D eigenvalue weighted by Crippen LogP contribution is 2.41. The maximum atomic E-state index is 12.4. The number of hydrogen-bond donors (Lipinski definition) is 1. The van der Waals surface area contributed by atoms with Gasteiger partial charge in [-0.3, -0.25) is 4.79 Å². The minimum absolute atomic E-state index is 0.00249. The van der Waals surface area contributed by atoms with Gasteiger partial charge >= 0.3 is 5.97 Å². The molecule has 21 heavy (non-hydrogen) atoms. The molecule has 1 saturated carbocycles. The second kappa shape index (κ2) is 5.46. The van der Waals surface area contributed by atoms with E-state index in [0.717, 1.165) is 38.8 Å². The van der Waals surface area contributed by atoms with E-state index in [-0.39, 0.29) is 24.1 Å². The van der Waals surface area contributed by atoms with E-state index in [1.165, 1.54) is 4.68 Å². The van der Waals surface area contributed by atoms with Crippen molar-refractivity contribution in [2.75, 3.05) is 13.1 Å². The van der Waals surface area contributed by atoms with E-state index >= 15 is 0 Å². The summed E-state index contributed by atoms with van der Waals surface area (Å²) >= 11 is 0. The first-order chi connectivity index (χ1) is 10.1. The Morgan fingerprint density at radius 3 is 2.71 bits per heavy atom. The highest BCUT2D eigenvalue weighted by atomic mass is 16.4. The average molecular weight is 292 g/mol. The standard InChI is InChI=1S/C14H20N4O3/c1-9-3-2-6-17(7-9)11(19)8-18-13(10-4-5-10)12(14(20)21)15-16-18/h9-10H,2-8H2,1H3,(H,20,21). The maximum absolute atomic E-state index is 12.4. The van der Waals surface area contributed by atoms with Crippen molar-refractivity contribution in [1.29, 1.82) is 0 Å². The summed E-state index contributed by atoms with van der Waals surface area (Å²) < 4.78 is 1.49. The van der Waals surface area contributed by atoms with E-state index in [1.54, 1.807) is 0 Å². The molecule has 1 aromatic heterocycles. The Bertz CT molecular complexity index is 565. The molecule has 2 fully saturated rings. The van der Waals surface area contributed by atoms with E-state index in [9.17, 15) is 9.59 Å². The largest absolute Gasteiger partial charge is 0.476 e. The number of likely N-dealkylation sites (tertiary alicyclic amines) is 1. The number of hydrogen-bond acceptors (Lipinski definition) is 4. The van der Waals surface area contributed by atoms with Crippen LogP contribution in [0.5, 0.6) is 0 Å². The summed E-state index contributed by atoms with van der Waals surface area (Å²) in [4.78, 5) is 25.4. The lowest BCUT2D eigenvalue weighted by atomic mass is 10.0. The first kappa shape index (κ1) is 14.0. The van der Waals surface area contributed by atoms with Gasteiger partial charge in [0.2, 0.25) is 5.91 Å². The summed E-state index contributed by atoms with van der Waals surface area (Å²) in [7, 11) is 0. The summed E-state index contributed by atoms with van der Waals surface area (Å²) in [6.45, 7) is 3.80. The van der Waals surface area contributed by atoms with Crippen molar-refractivity contribution < 1.29 is 14.7 Å². The minimum Gasteiger partial charge on any atom is -0.476 e. The van der Waals surface area contributed by atoms with Gasteiger partial charge in [0.15, 0.2) is 5.69 Å². The number of nitrogens with zero attached hydrogens (tertiary/aromatic N) is 4. The van der Waals surface area contributed by atoms with Gasteiger partial charge in [-0.2, -0.15) is 0 Å². The summed E-state index contributed by atoms with van der Waals surface area (Å²) in [5, 5.41) is 16.8. The number of aromatic carboxylic acids is 1. The van der Waals surface area contributed by atoms with Crippen molar-refractivity contribution >= 4 is 11.9 Å². The third-order valence-corrected chi connectivity index (χ3v) is 4.23. The minimum atomic E-state index is -1.07. The van der Waals surface area contributed by atoms with Crippen LogP contribution >= 0.6 is 0 Å². The lowest BCUT2D eigenvalue weighted by Gasteiger charge is -2.31. The fourth-order valence-corrected chi connectivity index (χ4v) is 2.99. The van der Waals surface area contributed by atoms with Gasteiger partial charge in [0.05, 0.1) is 5.69 Å². The molecule has 2 aliphatic rings.